The normalized spacial score (nSPS) is 12.5. The Bertz CT molecular complexity index is 907. The first-order valence-corrected chi connectivity index (χ1v) is 11.5. The van der Waals surface area contributed by atoms with Crippen LogP contribution < -0.4 is 4.74 Å². The number of methoxy groups -OCH3 is 1. The van der Waals surface area contributed by atoms with Crippen LogP contribution in [0.1, 0.15) is 36.8 Å². The molecule has 0 saturated heterocycles. The van der Waals surface area contributed by atoms with Gasteiger partial charge < -0.3 is 9.84 Å². The van der Waals surface area contributed by atoms with Crippen molar-refractivity contribution in [3.8, 4) is 5.75 Å². The fourth-order valence-corrected chi connectivity index (χ4v) is 5.06. The Morgan fingerprint density at radius 1 is 1.11 bits per heavy atom. The van der Waals surface area contributed by atoms with Crippen LogP contribution in [-0.4, -0.2) is 31.9 Å². The van der Waals surface area contributed by atoms with E-state index in [9.17, 15) is 18.3 Å². The minimum Gasteiger partial charge on any atom is -0.496 e. The van der Waals surface area contributed by atoms with Gasteiger partial charge in [-0.25, -0.2) is 8.42 Å². The molecule has 2 aromatic carbocycles. The molecule has 1 unspecified atom stereocenters. The number of unbranched alkanes of at least 4 members (excludes halogenated alkanes) is 2. The molecule has 2 aromatic rings. The van der Waals surface area contributed by atoms with Crippen molar-refractivity contribution >= 4 is 31.7 Å². The molecule has 0 aromatic heterocycles. The maximum Gasteiger partial charge on any atom is 0.322 e. The van der Waals surface area contributed by atoms with E-state index < -0.39 is 21.1 Å². The Hall–Kier alpha value is -1.86. The van der Waals surface area contributed by atoms with Gasteiger partial charge in [0.15, 0.2) is 15.1 Å². The number of aliphatic carboxylic acids is 1. The number of carboxylic acids is 1. The number of carboxylic acid groups (broad SMARTS) is 1. The predicted molar refractivity (Wildman–Crippen MR) is 113 cm³/mol. The molecule has 0 bridgehead atoms. The van der Waals surface area contributed by atoms with Crippen LogP contribution in [0.2, 0.25) is 0 Å². The maximum absolute atomic E-state index is 12.7. The van der Waals surface area contributed by atoms with Crippen molar-refractivity contribution in [3.63, 3.8) is 0 Å². The molecule has 0 saturated carbocycles. The van der Waals surface area contributed by atoms with Gasteiger partial charge in [0.25, 0.3) is 0 Å². The first-order chi connectivity index (χ1) is 13.3. The molecule has 0 fully saturated rings. The van der Waals surface area contributed by atoms with Crippen LogP contribution in [0.15, 0.2) is 51.8 Å². The van der Waals surface area contributed by atoms with E-state index in [-0.39, 0.29) is 11.3 Å². The summed E-state index contributed by atoms with van der Waals surface area (Å²) in [5.41, 5.74) is 1.99. The van der Waals surface area contributed by atoms with Crippen molar-refractivity contribution < 1.29 is 23.1 Å². The highest BCUT2D eigenvalue weighted by atomic mass is 79.9. The molecule has 0 aliphatic carbocycles. The number of ether oxygens (including phenoxy) is 1. The van der Waals surface area contributed by atoms with Crippen LogP contribution in [0.25, 0.3) is 0 Å². The molecule has 0 amide bonds. The average Bonchev–Trinajstić information content (AvgIpc) is 2.64. The van der Waals surface area contributed by atoms with Crippen LogP contribution in [0.4, 0.5) is 0 Å². The van der Waals surface area contributed by atoms with Crippen molar-refractivity contribution in [3.05, 3.63) is 58.1 Å². The van der Waals surface area contributed by atoms with Crippen molar-refractivity contribution in [2.75, 3.05) is 7.11 Å². The third-order valence-electron chi connectivity index (χ3n) is 4.65. The molecule has 2 rings (SSSR count). The van der Waals surface area contributed by atoms with E-state index in [1.807, 2.05) is 25.1 Å². The van der Waals surface area contributed by atoms with Crippen LogP contribution in [0.5, 0.6) is 5.75 Å². The zero-order valence-electron chi connectivity index (χ0n) is 16.0. The van der Waals surface area contributed by atoms with Crippen molar-refractivity contribution in [1.29, 1.82) is 0 Å². The van der Waals surface area contributed by atoms with Gasteiger partial charge in [0.1, 0.15) is 5.75 Å². The Morgan fingerprint density at radius 3 is 2.39 bits per heavy atom. The summed E-state index contributed by atoms with van der Waals surface area (Å²) < 4.78 is 31.7. The Labute approximate surface area is 174 Å². The van der Waals surface area contributed by atoms with Crippen LogP contribution in [0, 0.1) is 6.92 Å². The van der Waals surface area contributed by atoms with Gasteiger partial charge in [0, 0.05) is 4.47 Å². The number of aryl methyl sites for hydroxylation is 2. The average molecular weight is 469 g/mol. The summed E-state index contributed by atoms with van der Waals surface area (Å²) in [6, 6.07) is 12.1. The Kier molecular flexibility index (Phi) is 8.07. The largest absolute Gasteiger partial charge is 0.496 e. The van der Waals surface area contributed by atoms with E-state index >= 15 is 0 Å². The molecule has 28 heavy (non-hydrogen) atoms. The second-order valence-corrected chi connectivity index (χ2v) is 9.79. The minimum atomic E-state index is -3.90. The van der Waals surface area contributed by atoms with Gasteiger partial charge in [-0.05, 0) is 62.1 Å². The smallest absolute Gasteiger partial charge is 0.322 e. The molecule has 0 spiro atoms. The summed E-state index contributed by atoms with van der Waals surface area (Å²) >= 11 is 3.44. The monoisotopic (exact) mass is 468 g/mol. The highest BCUT2D eigenvalue weighted by molar-refractivity contribution is 9.10. The first kappa shape index (κ1) is 22.4. The van der Waals surface area contributed by atoms with E-state index in [4.69, 9.17) is 4.74 Å². The lowest BCUT2D eigenvalue weighted by Crippen LogP contribution is -2.30. The molecule has 0 heterocycles. The zero-order valence-corrected chi connectivity index (χ0v) is 18.4. The fraction of sp³-hybridized carbons (Fsp3) is 0.381. The van der Waals surface area contributed by atoms with Gasteiger partial charge in [-0.15, -0.1) is 0 Å². The van der Waals surface area contributed by atoms with Crippen LogP contribution >= 0.6 is 15.9 Å². The summed E-state index contributed by atoms with van der Waals surface area (Å²) in [5.74, 6) is -0.484. The number of rotatable bonds is 10. The van der Waals surface area contributed by atoms with Gasteiger partial charge in [-0.2, -0.15) is 0 Å². The second-order valence-electron chi connectivity index (χ2n) is 6.74. The SMILES string of the molecule is COc1ccc(Br)cc1CCCCCC(C(=O)O)S(=O)(=O)c1ccc(C)cc1. The lowest BCUT2D eigenvalue weighted by Gasteiger charge is -2.14. The van der Waals surface area contributed by atoms with Gasteiger partial charge >= 0.3 is 5.97 Å². The molecule has 5 nitrogen and oxygen atoms in total. The molecule has 7 heteroatoms. The Morgan fingerprint density at radius 2 is 1.79 bits per heavy atom. The highest BCUT2D eigenvalue weighted by Crippen LogP contribution is 2.26. The minimum absolute atomic E-state index is 0.0596. The first-order valence-electron chi connectivity index (χ1n) is 9.11. The zero-order chi connectivity index (χ0) is 20.7. The van der Waals surface area contributed by atoms with Crippen molar-refractivity contribution in [2.24, 2.45) is 0 Å². The maximum atomic E-state index is 12.7. The number of benzene rings is 2. The molecule has 0 aliphatic heterocycles. The second kappa shape index (κ2) is 10.1. The molecular weight excluding hydrogens is 444 g/mol. The van der Waals surface area contributed by atoms with E-state index in [0.29, 0.717) is 6.42 Å². The van der Waals surface area contributed by atoms with Gasteiger partial charge in [0.05, 0.1) is 12.0 Å². The summed E-state index contributed by atoms with van der Waals surface area (Å²) in [6.07, 6.45) is 2.97. The van der Waals surface area contributed by atoms with Crippen molar-refractivity contribution in [1.82, 2.24) is 0 Å². The predicted octanol–water partition coefficient (Wildman–Crippen LogP) is 4.80. The molecule has 152 valence electrons. The molecule has 1 N–H and O–H groups in total. The van der Waals surface area contributed by atoms with E-state index in [0.717, 1.165) is 40.6 Å². The van der Waals surface area contributed by atoms with Gasteiger partial charge in [-0.1, -0.05) is 46.5 Å². The summed E-state index contributed by atoms with van der Waals surface area (Å²) in [6.45, 7) is 1.85. The van der Waals surface area contributed by atoms with Crippen molar-refractivity contribution in [2.45, 2.75) is 49.2 Å². The molecule has 0 radical (unpaired) electrons. The number of halogens is 1. The van der Waals surface area contributed by atoms with Gasteiger partial charge in [0.2, 0.25) is 0 Å². The van der Waals surface area contributed by atoms with Crippen LogP contribution in [0.3, 0.4) is 0 Å². The van der Waals surface area contributed by atoms with E-state index in [1.54, 1.807) is 19.2 Å². The lowest BCUT2D eigenvalue weighted by atomic mass is 10.0. The fourth-order valence-electron chi connectivity index (χ4n) is 3.07. The summed E-state index contributed by atoms with van der Waals surface area (Å²) in [5, 5.41) is 8.04. The highest BCUT2D eigenvalue weighted by Gasteiger charge is 2.33. The Balaban J connectivity index is 1.95. The van der Waals surface area contributed by atoms with Gasteiger partial charge in [-0.3, -0.25) is 4.79 Å². The van der Waals surface area contributed by atoms with E-state index in [1.165, 1.54) is 12.1 Å². The number of hydrogen-bond acceptors (Lipinski definition) is 4. The molecular formula is C21H25BrO5S. The third kappa shape index (κ3) is 5.82. The topological polar surface area (TPSA) is 80.7 Å². The summed E-state index contributed by atoms with van der Waals surface area (Å²) in [4.78, 5) is 11.7. The van der Waals surface area contributed by atoms with Crippen LogP contribution in [-0.2, 0) is 21.1 Å². The lowest BCUT2D eigenvalue weighted by molar-refractivity contribution is -0.136. The number of carbonyl (C=O) groups is 1. The number of hydrogen-bond donors (Lipinski definition) is 1. The molecule has 1 atom stereocenters. The van der Waals surface area contributed by atoms with E-state index in [2.05, 4.69) is 15.9 Å². The summed E-state index contributed by atoms with van der Waals surface area (Å²) in [7, 11) is -2.27. The quantitative estimate of drug-likeness (QED) is 0.506. The third-order valence-corrected chi connectivity index (χ3v) is 7.26. The standard InChI is InChI=1S/C21H25BrO5S/c1-15-8-11-18(12-9-15)28(25,26)20(21(23)24)7-5-3-4-6-16-14-17(22)10-13-19(16)27-2/h8-14,20H,3-7H2,1-2H3,(H,23,24). The number of sulfone groups is 1. The molecule has 0 aliphatic rings.